The largest absolute Gasteiger partial charge is 0.491 e. The highest BCUT2D eigenvalue weighted by molar-refractivity contribution is 7.99. The highest BCUT2D eigenvalue weighted by Gasteiger charge is 2.50. The van der Waals surface area contributed by atoms with Gasteiger partial charge in [0.15, 0.2) is 0 Å². The van der Waals surface area contributed by atoms with Crippen molar-refractivity contribution in [3.63, 3.8) is 0 Å². The Hall–Kier alpha value is -5.64. The molecule has 4 rings (SSSR count). The number of ether oxygens (including phenoxy) is 3. The zero-order valence-electron chi connectivity index (χ0n) is 36.2. The summed E-state index contributed by atoms with van der Waals surface area (Å²) in [6, 6.07) is 12.1. The van der Waals surface area contributed by atoms with Crippen molar-refractivity contribution in [2.24, 2.45) is 16.9 Å². The molecule has 0 bridgehead atoms. The molecule has 354 valence electrons. The molecule has 0 saturated carbocycles. The molecule has 3 aromatic rings. The number of primary amides is 1. The van der Waals surface area contributed by atoms with Crippen LogP contribution in [0.1, 0.15) is 50.9 Å². The minimum atomic E-state index is -5.64. The SMILES string of the molecule is CC(C)(C)[C@H](c1cc(-c2cc(F)ccc2F)cn1Cc1ccccc1)N(CCOCCOCCN(CCCN)C(=O)CCSCC(N)=O)C(=O)C(OC(=O)C(F)(F)F)N1C(=O)C=CC1=O. The number of hydrogen-bond donors (Lipinski definition) is 2. The van der Waals surface area contributed by atoms with E-state index in [0.717, 1.165) is 28.7 Å². The Kier molecular flexibility index (Phi) is 19.2. The number of halogens is 5. The van der Waals surface area contributed by atoms with Crippen LogP contribution < -0.4 is 11.5 Å². The van der Waals surface area contributed by atoms with Gasteiger partial charge in [0.05, 0.1) is 38.2 Å². The van der Waals surface area contributed by atoms with Crippen LogP contribution >= 0.6 is 11.8 Å². The minimum Gasteiger partial charge on any atom is -0.425 e. The number of alkyl halides is 3. The van der Waals surface area contributed by atoms with Gasteiger partial charge in [0.2, 0.25) is 11.8 Å². The first-order valence-electron chi connectivity index (χ1n) is 20.5. The summed E-state index contributed by atoms with van der Waals surface area (Å²) in [4.78, 5) is 79.6. The standard InChI is InChI=1S/C44H53F5N6O9S/c1-43(2,3)39(34-24-30(32-25-31(45)10-11-33(32)46)27-53(34)26-29-8-5-4-6-9-29)54(40(60)41(64-42(61)44(47,48)49)55-37(58)12-13-38(55)59)18-20-63-22-21-62-19-17-52(16-7-15-50)36(57)14-23-65-28-35(51)56/h4-6,8-13,24-25,27,39,41H,7,14-23,26,28,50H2,1-3H3,(H2,51,56)/t39-,41?/m0/s1. The van der Waals surface area contributed by atoms with Gasteiger partial charge >= 0.3 is 12.1 Å². The maximum Gasteiger partial charge on any atom is 0.491 e. The zero-order valence-corrected chi connectivity index (χ0v) is 37.0. The summed E-state index contributed by atoms with van der Waals surface area (Å²) in [5, 5.41) is 0. The molecule has 1 aliphatic rings. The Morgan fingerprint density at radius 2 is 1.51 bits per heavy atom. The predicted octanol–water partition coefficient (Wildman–Crippen LogP) is 4.57. The molecule has 2 aromatic carbocycles. The van der Waals surface area contributed by atoms with Crippen molar-refractivity contribution < 1.29 is 64.9 Å². The number of benzene rings is 2. The molecule has 0 fully saturated rings. The highest BCUT2D eigenvalue weighted by Crippen LogP contribution is 2.42. The third-order valence-corrected chi connectivity index (χ3v) is 10.8. The fourth-order valence-electron chi connectivity index (χ4n) is 6.94. The van der Waals surface area contributed by atoms with E-state index in [-0.39, 0.29) is 79.3 Å². The average Bonchev–Trinajstić information content (AvgIpc) is 3.80. The summed E-state index contributed by atoms with van der Waals surface area (Å²) in [5.74, 6) is -8.35. The van der Waals surface area contributed by atoms with Crippen LogP contribution in [0.2, 0.25) is 0 Å². The molecule has 0 radical (unpaired) electrons. The first-order valence-corrected chi connectivity index (χ1v) is 21.7. The summed E-state index contributed by atoms with van der Waals surface area (Å²) in [6.07, 6.45) is -4.70. The number of aromatic nitrogens is 1. The van der Waals surface area contributed by atoms with Crippen molar-refractivity contribution in [2.75, 3.05) is 64.1 Å². The lowest BCUT2D eigenvalue weighted by atomic mass is 9.83. The first-order chi connectivity index (χ1) is 30.7. The van der Waals surface area contributed by atoms with Crippen LogP contribution in [0.5, 0.6) is 0 Å². The van der Waals surface area contributed by atoms with E-state index >= 15 is 4.39 Å². The number of imide groups is 1. The van der Waals surface area contributed by atoms with Crippen LogP contribution in [0.4, 0.5) is 22.0 Å². The molecular weight excluding hydrogens is 884 g/mol. The maximum atomic E-state index is 15.3. The summed E-state index contributed by atoms with van der Waals surface area (Å²) < 4.78 is 88.9. The summed E-state index contributed by atoms with van der Waals surface area (Å²) in [6.45, 7) is 5.44. The Morgan fingerprint density at radius 3 is 2.11 bits per heavy atom. The summed E-state index contributed by atoms with van der Waals surface area (Å²) >= 11 is 1.24. The molecule has 1 aliphatic heterocycles. The Morgan fingerprint density at radius 1 is 0.862 bits per heavy atom. The van der Waals surface area contributed by atoms with Crippen LogP contribution in [0.15, 0.2) is 72.9 Å². The number of nitrogens with zero attached hydrogens (tertiary/aromatic N) is 4. The van der Waals surface area contributed by atoms with Crippen LogP contribution in [0.25, 0.3) is 11.1 Å². The molecule has 1 unspecified atom stereocenters. The van der Waals surface area contributed by atoms with Gasteiger partial charge in [0, 0.05) is 73.5 Å². The molecule has 65 heavy (non-hydrogen) atoms. The summed E-state index contributed by atoms with van der Waals surface area (Å²) in [7, 11) is 0. The van der Waals surface area contributed by atoms with E-state index in [1.807, 2.05) is 0 Å². The number of carbonyl (C=O) groups is 6. The van der Waals surface area contributed by atoms with Crippen LogP contribution in [-0.2, 0) is 49.5 Å². The van der Waals surface area contributed by atoms with Crippen LogP contribution in [-0.4, -0.2) is 131 Å². The minimum absolute atomic E-state index is 0.000779. The van der Waals surface area contributed by atoms with E-state index in [2.05, 4.69) is 4.74 Å². The molecule has 5 amide bonds. The van der Waals surface area contributed by atoms with Gasteiger partial charge in [0.25, 0.3) is 23.9 Å². The van der Waals surface area contributed by atoms with E-state index in [1.54, 1.807) is 60.6 Å². The molecule has 2 heterocycles. The lowest BCUT2D eigenvalue weighted by Gasteiger charge is -2.42. The third-order valence-electron chi connectivity index (χ3n) is 9.84. The van der Waals surface area contributed by atoms with E-state index in [9.17, 15) is 46.3 Å². The van der Waals surface area contributed by atoms with Crippen molar-refractivity contribution in [1.29, 1.82) is 0 Å². The second-order valence-electron chi connectivity index (χ2n) is 15.8. The molecular formula is C44H53F5N6O9S. The number of rotatable bonds is 25. The van der Waals surface area contributed by atoms with Gasteiger partial charge < -0.3 is 40.0 Å². The summed E-state index contributed by atoms with van der Waals surface area (Å²) in [5.41, 5.74) is 10.8. The lowest BCUT2D eigenvalue weighted by molar-refractivity contribution is -0.215. The van der Waals surface area contributed by atoms with Crippen LogP contribution in [0, 0.1) is 17.0 Å². The first kappa shape index (κ1) is 52.0. The smallest absolute Gasteiger partial charge is 0.425 e. The lowest BCUT2D eigenvalue weighted by Crippen LogP contribution is -2.56. The van der Waals surface area contributed by atoms with Crippen molar-refractivity contribution in [2.45, 2.75) is 58.6 Å². The van der Waals surface area contributed by atoms with Crippen molar-refractivity contribution >= 4 is 47.3 Å². The number of thioether (sulfide) groups is 1. The predicted molar refractivity (Wildman–Crippen MR) is 229 cm³/mol. The maximum absolute atomic E-state index is 15.3. The number of amides is 5. The molecule has 0 spiro atoms. The van der Waals surface area contributed by atoms with Gasteiger partial charge in [-0.15, -0.1) is 0 Å². The van der Waals surface area contributed by atoms with E-state index in [1.165, 1.54) is 24.0 Å². The fourth-order valence-corrected chi connectivity index (χ4v) is 7.60. The zero-order chi connectivity index (χ0) is 47.9. The number of esters is 1. The van der Waals surface area contributed by atoms with Crippen molar-refractivity contribution in [1.82, 2.24) is 19.3 Å². The van der Waals surface area contributed by atoms with E-state index < -0.39 is 71.6 Å². The van der Waals surface area contributed by atoms with E-state index in [0.29, 0.717) is 37.4 Å². The Labute approximate surface area is 377 Å². The van der Waals surface area contributed by atoms with Crippen LogP contribution in [0.3, 0.4) is 0 Å². The molecule has 21 heteroatoms. The van der Waals surface area contributed by atoms with Gasteiger partial charge in [-0.05, 0) is 48.2 Å². The fraction of sp³-hybridized carbons (Fsp3) is 0.455. The molecule has 0 aliphatic carbocycles. The molecule has 0 saturated heterocycles. The second-order valence-corrected chi connectivity index (χ2v) is 16.9. The van der Waals surface area contributed by atoms with Crippen molar-refractivity contribution in [3.8, 4) is 11.1 Å². The third kappa shape index (κ3) is 15.2. The molecule has 4 N–H and O–H groups in total. The van der Waals surface area contributed by atoms with Gasteiger partial charge in [-0.25, -0.2) is 18.5 Å². The van der Waals surface area contributed by atoms with Gasteiger partial charge in [0.1, 0.15) is 11.6 Å². The Bertz CT molecular complexity index is 2150. The number of nitrogens with two attached hydrogens (primary N) is 2. The van der Waals surface area contributed by atoms with Gasteiger partial charge in [-0.3, -0.25) is 24.0 Å². The monoisotopic (exact) mass is 936 g/mol. The number of hydrogen-bond acceptors (Lipinski definition) is 11. The second kappa shape index (κ2) is 24.0. The van der Waals surface area contributed by atoms with Gasteiger partial charge in [-0.2, -0.15) is 24.9 Å². The van der Waals surface area contributed by atoms with Crippen molar-refractivity contribution in [3.05, 3.63) is 95.8 Å². The van der Waals surface area contributed by atoms with Gasteiger partial charge in [-0.1, -0.05) is 51.1 Å². The number of carbonyl (C=O) groups excluding carboxylic acids is 6. The topological polar surface area (TPSA) is 197 Å². The van der Waals surface area contributed by atoms with E-state index in [4.69, 9.17) is 20.9 Å². The molecule has 2 atom stereocenters. The molecule has 15 nitrogen and oxygen atoms in total. The quantitative estimate of drug-likeness (QED) is 0.0523. The average molecular weight is 937 g/mol. The molecule has 1 aromatic heterocycles. The normalized spacial score (nSPS) is 13.8. The Balaban J connectivity index is 1.66. The highest BCUT2D eigenvalue weighted by atomic mass is 32.2.